The Morgan fingerprint density at radius 1 is 1.11 bits per heavy atom. The third kappa shape index (κ3) is 4.66. The highest BCUT2D eigenvalue weighted by Crippen LogP contribution is 2.43. The highest BCUT2D eigenvalue weighted by Gasteiger charge is 2.43. The number of aliphatic imine (C=N–C) groups is 2. The number of fused-ring (bicyclic) bond motifs is 3. The van der Waals surface area contributed by atoms with E-state index in [-0.39, 0.29) is 17.5 Å². The molecule has 9 heteroatoms. The average molecular weight is 516 g/mol. The van der Waals surface area contributed by atoms with Crippen LogP contribution in [0.2, 0.25) is 5.02 Å². The lowest BCUT2D eigenvalue weighted by atomic mass is 9.84. The molecule has 0 spiro atoms. The van der Waals surface area contributed by atoms with Gasteiger partial charge in [0.15, 0.2) is 16.7 Å². The maximum atomic E-state index is 14.5. The van der Waals surface area contributed by atoms with Crippen LogP contribution in [-0.4, -0.2) is 42.1 Å². The largest absolute Gasteiger partial charge is 0.493 e. The number of thioether (sulfide) groups is 1. The third-order valence-electron chi connectivity index (χ3n) is 6.89. The number of amides is 1. The Hall–Kier alpha value is -2.58. The van der Waals surface area contributed by atoms with Crippen molar-refractivity contribution in [3.8, 4) is 11.5 Å². The molecule has 2 aromatic rings. The van der Waals surface area contributed by atoms with Gasteiger partial charge in [-0.25, -0.2) is 9.38 Å². The number of nitrogens with zero attached hydrogens (tertiary/aromatic N) is 3. The van der Waals surface area contributed by atoms with Gasteiger partial charge in [0.05, 0.1) is 19.9 Å². The number of hydrogen-bond donors (Lipinski definition) is 0. The molecule has 6 nitrogen and oxygen atoms in total. The second-order valence-corrected chi connectivity index (χ2v) is 10.4. The fourth-order valence-corrected chi connectivity index (χ4v) is 6.45. The first-order valence-corrected chi connectivity index (χ1v) is 13.2. The molecule has 184 valence electrons. The maximum Gasteiger partial charge on any atom is 0.270 e. The summed E-state index contributed by atoms with van der Waals surface area (Å²) in [5.74, 6) is 1.87. The van der Waals surface area contributed by atoms with Gasteiger partial charge in [-0.2, -0.15) is 4.99 Å². The normalized spacial score (nSPS) is 19.7. The van der Waals surface area contributed by atoms with Crippen LogP contribution in [0, 0.1) is 11.7 Å². The number of halogens is 2. The summed E-state index contributed by atoms with van der Waals surface area (Å²) in [6.07, 6.45) is 6.62. The van der Waals surface area contributed by atoms with Crippen LogP contribution in [0.4, 0.5) is 10.1 Å². The van der Waals surface area contributed by atoms with E-state index in [1.807, 2.05) is 11.0 Å². The van der Waals surface area contributed by atoms with Crippen LogP contribution in [-0.2, 0) is 10.5 Å². The molecule has 0 unspecified atom stereocenters. The number of benzene rings is 2. The Bertz CT molecular complexity index is 1190. The van der Waals surface area contributed by atoms with Crippen molar-refractivity contribution in [3.05, 3.63) is 52.3 Å². The predicted octanol–water partition coefficient (Wildman–Crippen LogP) is 6.36. The van der Waals surface area contributed by atoms with Crippen molar-refractivity contribution < 1.29 is 18.7 Å². The van der Waals surface area contributed by atoms with Gasteiger partial charge >= 0.3 is 0 Å². The minimum atomic E-state index is -0.420. The summed E-state index contributed by atoms with van der Waals surface area (Å²) in [6, 6.07) is 7.84. The van der Waals surface area contributed by atoms with Gasteiger partial charge in [-0.05, 0) is 30.5 Å². The summed E-state index contributed by atoms with van der Waals surface area (Å²) in [6.45, 7) is 0. The molecule has 1 aliphatic carbocycles. The standard InChI is InChI=1S/C26H27ClFN3O3S/c1-33-22-12-16-20(13-23(22)34-2)29-26(35-14-17-18(27)9-6-10-19(17)28)31-21(25(32)30-24(16)31)11-15-7-4-3-5-8-15/h6,9-10,12-13,15,21H,3-5,7-8,11,14H2,1-2H3/t21-/m1/s1. The minimum absolute atomic E-state index is 0.162. The summed E-state index contributed by atoms with van der Waals surface area (Å²) in [5, 5.41) is 0.973. The summed E-state index contributed by atoms with van der Waals surface area (Å²) in [4.78, 5) is 24.5. The van der Waals surface area contributed by atoms with Gasteiger partial charge in [0.25, 0.3) is 5.91 Å². The summed E-state index contributed by atoms with van der Waals surface area (Å²) >= 11 is 7.63. The molecule has 0 N–H and O–H groups in total. The Morgan fingerprint density at radius 2 is 1.86 bits per heavy atom. The van der Waals surface area contributed by atoms with Crippen LogP contribution in [0.3, 0.4) is 0 Å². The second-order valence-electron chi connectivity index (χ2n) is 9.01. The number of methoxy groups -OCH3 is 2. The van der Waals surface area contributed by atoms with E-state index >= 15 is 0 Å². The smallest absolute Gasteiger partial charge is 0.270 e. The van der Waals surface area contributed by atoms with E-state index in [0.29, 0.717) is 44.7 Å². The number of carbonyl (C=O) groups excluding carboxylic acids is 1. The summed E-state index contributed by atoms with van der Waals surface area (Å²) < 4.78 is 25.4. The van der Waals surface area contributed by atoms with Crippen LogP contribution < -0.4 is 9.47 Å². The molecular weight excluding hydrogens is 489 g/mol. The Labute approximate surface area is 213 Å². The Morgan fingerprint density at radius 3 is 2.57 bits per heavy atom. The van der Waals surface area contributed by atoms with Gasteiger partial charge in [0.2, 0.25) is 0 Å². The molecule has 1 amide bonds. The highest BCUT2D eigenvalue weighted by atomic mass is 35.5. The van der Waals surface area contributed by atoms with Gasteiger partial charge in [-0.15, -0.1) is 0 Å². The minimum Gasteiger partial charge on any atom is -0.493 e. The van der Waals surface area contributed by atoms with Crippen LogP contribution in [0.1, 0.15) is 49.7 Å². The topological polar surface area (TPSA) is 63.5 Å². The van der Waals surface area contributed by atoms with Crippen molar-refractivity contribution in [3.63, 3.8) is 0 Å². The third-order valence-corrected chi connectivity index (χ3v) is 8.23. The monoisotopic (exact) mass is 515 g/mol. The van der Waals surface area contributed by atoms with Gasteiger partial charge in [0, 0.05) is 28.0 Å². The van der Waals surface area contributed by atoms with E-state index in [2.05, 4.69) is 4.99 Å². The van der Waals surface area contributed by atoms with Crippen LogP contribution in [0.25, 0.3) is 0 Å². The van der Waals surface area contributed by atoms with E-state index in [0.717, 1.165) is 24.8 Å². The fourth-order valence-electron chi connectivity index (χ4n) is 5.06. The lowest BCUT2D eigenvalue weighted by Gasteiger charge is -2.33. The zero-order valence-corrected chi connectivity index (χ0v) is 21.3. The Kier molecular flexibility index (Phi) is 7.02. The van der Waals surface area contributed by atoms with E-state index in [1.54, 1.807) is 32.4 Å². The van der Waals surface area contributed by atoms with E-state index < -0.39 is 6.04 Å². The first kappa shape index (κ1) is 24.1. The molecule has 2 aliphatic heterocycles. The van der Waals surface area contributed by atoms with Crippen molar-refractivity contribution in [1.29, 1.82) is 0 Å². The number of rotatable bonds is 6. The van der Waals surface area contributed by atoms with Crippen LogP contribution >= 0.6 is 23.4 Å². The van der Waals surface area contributed by atoms with Gasteiger partial charge in [-0.3, -0.25) is 9.69 Å². The van der Waals surface area contributed by atoms with E-state index in [4.69, 9.17) is 26.1 Å². The molecule has 2 aromatic carbocycles. The first-order chi connectivity index (χ1) is 17.0. The molecule has 2 heterocycles. The van der Waals surface area contributed by atoms with Gasteiger partial charge < -0.3 is 9.47 Å². The zero-order valence-electron chi connectivity index (χ0n) is 19.7. The average Bonchev–Trinajstić information content (AvgIpc) is 3.19. The molecule has 0 radical (unpaired) electrons. The molecule has 35 heavy (non-hydrogen) atoms. The Balaban J connectivity index is 1.53. The molecule has 5 rings (SSSR count). The molecule has 1 saturated carbocycles. The number of hydrogen-bond acceptors (Lipinski definition) is 6. The lowest BCUT2D eigenvalue weighted by molar-refractivity contribution is -0.120. The SMILES string of the molecule is COc1cc2c(cc1OC)C1=NC(=O)[C@@H](CC3CCCCC3)N1C(SCc1c(F)cccc1Cl)=N2. The van der Waals surface area contributed by atoms with E-state index in [1.165, 1.54) is 37.1 Å². The van der Waals surface area contributed by atoms with Crippen molar-refractivity contribution >= 4 is 46.0 Å². The predicted molar refractivity (Wildman–Crippen MR) is 138 cm³/mol. The zero-order chi connectivity index (χ0) is 24.5. The quantitative estimate of drug-likeness (QED) is 0.448. The van der Waals surface area contributed by atoms with Gasteiger partial charge in [0.1, 0.15) is 17.7 Å². The van der Waals surface area contributed by atoms with Crippen molar-refractivity contribution in [2.24, 2.45) is 15.9 Å². The molecule has 0 bridgehead atoms. The first-order valence-electron chi connectivity index (χ1n) is 11.8. The molecule has 1 atom stereocenters. The summed E-state index contributed by atoms with van der Waals surface area (Å²) in [7, 11) is 3.14. The number of carbonyl (C=O) groups is 1. The summed E-state index contributed by atoms with van der Waals surface area (Å²) in [5.41, 5.74) is 1.76. The van der Waals surface area contributed by atoms with Crippen LogP contribution in [0.5, 0.6) is 11.5 Å². The fraction of sp³-hybridized carbons (Fsp3) is 0.423. The lowest BCUT2D eigenvalue weighted by Crippen LogP contribution is -2.44. The molecule has 0 saturated heterocycles. The molecule has 0 aromatic heterocycles. The molecule has 3 aliphatic rings. The van der Waals surface area contributed by atoms with Crippen molar-refractivity contribution in [2.45, 2.75) is 50.3 Å². The van der Waals surface area contributed by atoms with Crippen molar-refractivity contribution in [2.75, 3.05) is 14.2 Å². The number of ether oxygens (including phenoxy) is 2. The molecular formula is C26H27ClFN3O3S. The van der Waals surface area contributed by atoms with Crippen molar-refractivity contribution in [1.82, 2.24) is 4.90 Å². The van der Waals surface area contributed by atoms with E-state index in [9.17, 15) is 9.18 Å². The highest BCUT2D eigenvalue weighted by molar-refractivity contribution is 8.13. The number of amidine groups is 2. The molecule has 1 fully saturated rings. The second kappa shape index (κ2) is 10.2. The maximum absolute atomic E-state index is 14.5. The van der Waals surface area contributed by atoms with Crippen LogP contribution in [0.15, 0.2) is 40.3 Å². The van der Waals surface area contributed by atoms with Gasteiger partial charge in [-0.1, -0.05) is 61.5 Å².